The zero-order chi connectivity index (χ0) is 15.8. The van der Waals surface area contributed by atoms with Gasteiger partial charge in [0.15, 0.2) is 9.84 Å². The van der Waals surface area contributed by atoms with E-state index in [4.69, 9.17) is 0 Å². The highest BCUT2D eigenvalue weighted by molar-refractivity contribution is 7.95. The number of nitrogens with one attached hydrogen (secondary N) is 1. The van der Waals surface area contributed by atoms with E-state index in [9.17, 15) is 21.6 Å². The average molecular weight is 331 g/mol. The fraction of sp³-hybridized carbons (Fsp3) is 0.462. The lowest BCUT2D eigenvalue weighted by atomic mass is 10.1. The highest BCUT2D eigenvalue weighted by Gasteiger charge is 2.42. The van der Waals surface area contributed by atoms with Crippen LogP contribution in [0.25, 0.3) is 0 Å². The predicted molar refractivity (Wildman–Crippen MR) is 77.8 cm³/mol. The van der Waals surface area contributed by atoms with Crippen LogP contribution in [0.1, 0.15) is 31.1 Å². The number of rotatable bonds is 4. The Morgan fingerprint density at radius 3 is 2.57 bits per heavy atom. The molecule has 2 rings (SSSR count). The van der Waals surface area contributed by atoms with Gasteiger partial charge >= 0.3 is 0 Å². The van der Waals surface area contributed by atoms with Gasteiger partial charge in [0.05, 0.1) is 10.6 Å². The fourth-order valence-corrected chi connectivity index (χ4v) is 6.33. The quantitative estimate of drug-likeness (QED) is 0.888. The van der Waals surface area contributed by atoms with Crippen LogP contribution >= 0.6 is 0 Å². The molecule has 1 aromatic rings. The Hall–Kier alpha value is -1.41. The molecule has 0 aliphatic carbocycles. The number of hydrogen-bond acceptors (Lipinski definition) is 5. The molecule has 1 aliphatic rings. The second-order valence-corrected chi connectivity index (χ2v) is 9.34. The molecule has 0 fully saturated rings. The van der Waals surface area contributed by atoms with E-state index in [1.54, 1.807) is 26.0 Å². The van der Waals surface area contributed by atoms with E-state index < -0.39 is 36.8 Å². The summed E-state index contributed by atoms with van der Waals surface area (Å²) in [6.07, 6.45) is 0.0698. The van der Waals surface area contributed by atoms with Gasteiger partial charge < -0.3 is 0 Å². The summed E-state index contributed by atoms with van der Waals surface area (Å²) in [7, 11) is -7.70. The van der Waals surface area contributed by atoms with E-state index in [1.165, 1.54) is 12.1 Å². The van der Waals surface area contributed by atoms with E-state index in [1.807, 2.05) is 4.72 Å². The standard InChI is InChI=1S/C13H17NO5S2/c1-9(2)7-13(15)14-21(18,19)12-8-20(16,17)11-6-4-3-5-10(11)12/h3-6,9,12H,7-8H2,1-2H3,(H,14,15). The molecule has 1 aromatic carbocycles. The fourth-order valence-electron chi connectivity index (χ4n) is 2.31. The SMILES string of the molecule is CC(C)CC(=O)NS(=O)(=O)C1CS(=O)(=O)c2ccccc21. The van der Waals surface area contributed by atoms with Crippen molar-refractivity contribution in [3.8, 4) is 0 Å². The van der Waals surface area contributed by atoms with Crippen molar-refractivity contribution in [2.24, 2.45) is 5.92 Å². The van der Waals surface area contributed by atoms with Gasteiger partial charge in [-0.05, 0) is 17.5 Å². The Morgan fingerprint density at radius 1 is 1.33 bits per heavy atom. The zero-order valence-electron chi connectivity index (χ0n) is 11.7. The van der Waals surface area contributed by atoms with Gasteiger partial charge in [0, 0.05) is 6.42 Å². The number of sulfonamides is 1. The van der Waals surface area contributed by atoms with E-state index in [0.29, 0.717) is 0 Å². The molecule has 21 heavy (non-hydrogen) atoms. The third kappa shape index (κ3) is 3.26. The van der Waals surface area contributed by atoms with E-state index in [0.717, 1.165) is 0 Å². The molecule has 1 unspecified atom stereocenters. The Labute approximate surface area is 124 Å². The number of benzene rings is 1. The Bertz CT molecular complexity index is 766. The molecule has 1 amide bonds. The second-order valence-electron chi connectivity index (χ2n) is 5.48. The van der Waals surface area contributed by atoms with Crippen LogP contribution < -0.4 is 4.72 Å². The Morgan fingerprint density at radius 2 is 1.95 bits per heavy atom. The molecule has 1 aliphatic heterocycles. The van der Waals surface area contributed by atoms with E-state index in [-0.39, 0.29) is 22.8 Å². The van der Waals surface area contributed by atoms with Gasteiger partial charge in [-0.25, -0.2) is 16.8 Å². The summed E-state index contributed by atoms with van der Waals surface area (Å²) in [5, 5.41) is -1.24. The van der Waals surface area contributed by atoms with Crippen LogP contribution in [-0.4, -0.2) is 28.5 Å². The maximum Gasteiger partial charge on any atom is 0.243 e. The lowest BCUT2D eigenvalue weighted by molar-refractivity contribution is -0.120. The molecule has 1 heterocycles. The molecular weight excluding hydrogens is 314 g/mol. The molecule has 0 saturated heterocycles. The minimum atomic E-state index is -4.07. The minimum Gasteiger partial charge on any atom is -0.274 e. The summed E-state index contributed by atoms with van der Waals surface area (Å²) in [5.74, 6) is -1.14. The largest absolute Gasteiger partial charge is 0.274 e. The van der Waals surface area contributed by atoms with Crippen molar-refractivity contribution in [3.05, 3.63) is 29.8 Å². The molecule has 0 aromatic heterocycles. The van der Waals surface area contributed by atoms with E-state index >= 15 is 0 Å². The number of amides is 1. The van der Waals surface area contributed by atoms with Crippen molar-refractivity contribution in [1.29, 1.82) is 0 Å². The van der Waals surface area contributed by atoms with Crippen LogP contribution in [0.4, 0.5) is 0 Å². The molecule has 0 spiro atoms. The molecule has 0 saturated carbocycles. The highest BCUT2D eigenvalue weighted by Crippen LogP contribution is 2.37. The van der Waals surface area contributed by atoms with Gasteiger partial charge in [-0.15, -0.1) is 0 Å². The molecule has 8 heteroatoms. The maximum absolute atomic E-state index is 12.3. The van der Waals surface area contributed by atoms with Gasteiger partial charge in [0.1, 0.15) is 5.25 Å². The average Bonchev–Trinajstić information content (AvgIpc) is 2.61. The summed E-state index contributed by atoms with van der Waals surface area (Å²) in [6.45, 7) is 3.59. The van der Waals surface area contributed by atoms with Crippen LogP contribution in [0.3, 0.4) is 0 Å². The lowest BCUT2D eigenvalue weighted by Crippen LogP contribution is -2.35. The molecule has 0 bridgehead atoms. The summed E-state index contributed by atoms with van der Waals surface area (Å²) in [6, 6.07) is 5.98. The first-order valence-electron chi connectivity index (χ1n) is 6.49. The summed E-state index contributed by atoms with van der Waals surface area (Å²) >= 11 is 0. The number of sulfone groups is 1. The van der Waals surface area contributed by atoms with Gasteiger partial charge in [-0.2, -0.15) is 0 Å². The Kier molecular flexibility index (Phi) is 4.12. The normalized spacial score (nSPS) is 20.2. The summed E-state index contributed by atoms with van der Waals surface area (Å²) in [4.78, 5) is 11.7. The highest BCUT2D eigenvalue weighted by atomic mass is 32.2. The molecule has 116 valence electrons. The van der Waals surface area contributed by atoms with Crippen LogP contribution in [0.15, 0.2) is 29.2 Å². The third-order valence-electron chi connectivity index (χ3n) is 3.20. The number of carbonyl (C=O) groups is 1. The van der Waals surface area contributed by atoms with Crippen LogP contribution in [-0.2, 0) is 24.7 Å². The molecule has 1 atom stereocenters. The van der Waals surface area contributed by atoms with Crippen LogP contribution in [0.2, 0.25) is 0 Å². The smallest absolute Gasteiger partial charge is 0.243 e. The molecular formula is C13H17NO5S2. The minimum absolute atomic E-state index is 0.0137. The van der Waals surface area contributed by atoms with Crippen molar-refractivity contribution in [2.75, 3.05) is 5.75 Å². The van der Waals surface area contributed by atoms with Crippen LogP contribution in [0.5, 0.6) is 0 Å². The first kappa shape index (κ1) is 16.0. The Balaban J connectivity index is 2.33. The van der Waals surface area contributed by atoms with Crippen LogP contribution in [0, 0.1) is 5.92 Å². The third-order valence-corrected chi connectivity index (χ3v) is 6.90. The summed E-state index contributed by atoms with van der Waals surface area (Å²) in [5.41, 5.74) is 0.224. The number of fused-ring (bicyclic) bond motifs is 1. The first-order valence-corrected chi connectivity index (χ1v) is 9.69. The van der Waals surface area contributed by atoms with Crippen molar-refractivity contribution >= 4 is 25.8 Å². The monoisotopic (exact) mass is 331 g/mol. The topological polar surface area (TPSA) is 97.4 Å². The van der Waals surface area contributed by atoms with Crippen molar-refractivity contribution in [1.82, 2.24) is 4.72 Å². The van der Waals surface area contributed by atoms with Gasteiger partial charge in [0.25, 0.3) is 0 Å². The van der Waals surface area contributed by atoms with Crippen molar-refractivity contribution < 1.29 is 21.6 Å². The number of hydrogen-bond donors (Lipinski definition) is 1. The maximum atomic E-state index is 12.3. The summed E-state index contributed by atoms with van der Waals surface area (Å²) < 4.78 is 50.5. The lowest BCUT2D eigenvalue weighted by Gasteiger charge is -2.13. The number of carbonyl (C=O) groups excluding carboxylic acids is 1. The zero-order valence-corrected chi connectivity index (χ0v) is 13.4. The van der Waals surface area contributed by atoms with Gasteiger partial charge in [-0.1, -0.05) is 32.0 Å². The molecule has 6 nitrogen and oxygen atoms in total. The van der Waals surface area contributed by atoms with Crippen molar-refractivity contribution in [2.45, 2.75) is 30.4 Å². The van der Waals surface area contributed by atoms with Gasteiger partial charge in [0.2, 0.25) is 15.9 Å². The first-order chi connectivity index (χ1) is 9.63. The molecule has 1 N–H and O–H groups in total. The second kappa shape index (κ2) is 5.42. The van der Waals surface area contributed by atoms with Gasteiger partial charge in [-0.3, -0.25) is 9.52 Å². The van der Waals surface area contributed by atoms with Crippen molar-refractivity contribution in [3.63, 3.8) is 0 Å². The molecule has 0 radical (unpaired) electrons. The van der Waals surface area contributed by atoms with E-state index in [2.05, 4.69) is 0 Å². The predicted octanol–water partition coefficient (Wildman–Crippen LogP) is 1.01.